The van der Waals surface area contributed by atoms with Crippen molar-refractivity contribution in [1.29, 1.82) is 5.41 Å². The molecule has 6 nitrogen and oxygen atoms in total. The Morgan fingerprint density at radius 3 is 2.69 bits per heavy atom. The van der Waals surface area contributed by atoms with Crippen LogP contribution in [0, 0.1) is 22.4 Å². The average molecular weight is 221 g/mol. The molecule has 0 bridgehead atoms. The number of benzene rings is 1. The molecule has 1 rings (SSSR count). The molecule has 0 fully saturated rings. The molecule has 1 radical (unpaired) electrons. The molecule has 0 unspecified atom stereocenters. The van der Waals surface area contributed by atoms with E-state index in [0.29, 0.717) is 5.69 Å². The summed E-state index contributed by atoms with van der Waals surface area (Å²) in [6.07, 6.45) is 0. The summed E-state index contributed by atoms with van der Waals surface area (Å²) in [5, 5.41) is 22.1. The van der Waals surface area contributed by atoms with E-state index in [1.165, 1.54) is 18.0 Å². The maximum atomic E-state index is 10.9. The summed E-state index contributed by atoms with van der Waals surface area (Å²) in [5.74, 6) is -0.0213. The van der Waals surface area contributed by atoms with E-state index in [1.807, 2.05) is 0 Å². The van der Waals surface area contributed by atoms with Gasteiger partial charge < -0.3 is 4.90 Å². The molecule has 6 heteroatoms. The molecular formula is C10H13N4O2. The van der Waals surface area contributed by atoms with Gasteiger partial charge in [0.2, 0.25) is 5.96 Å². The molecule has 0 saturated heterocycles. The molecule has 0 atom stereocenters. The van der Waals surface area contributed by atoms with Gasteiger partial charge in [-0.15, -0.1) is 0 Å². The lowest BCUT2D eigenvalue weighted by Crippen LogP contribution is -2.32. The molecule has 16 heavy (non-hydrogen) atoms. The number of nitro benzene ring substituents is 1. The number of guanidine groups is 1. The lowest BCUT2D eigenvalue weighted by molar-refractivity contribution is -0.384. The maximum Gasteiger partial charge on any atom is 0.293 e. The van der Waals surface area contributed by atoms with Crippen LogP contribution >= 0.6 is 0 Å². The highest BCUT2D eigenvalue weighted by Crippen LogP contribution is 2.28. The third-order valence-corrected chi connectivity index (χ3v) is 2.22. The van der Waals surface area contributed by atoms with Crippen molar-refractivity contribution in [3.63, 3.8) is 0 Å². The molecule has 0 aliphatic carbocycles. The van der Waals surface area contributed by atoms with Crippen LogP contribution < -0.4 is 10.2 Å². The molecule has 0 spiro atoms. The van der Waals surface area contributed by atoms with Gasteiger partial charge in [-0.3, -0.25) is 20.8 Å². The third kappa shape index (κ3) is 2.28. The number of aryl methyl sites for hydroxylation is 1. The van der Waals surface area contributed by atoms with Gasteiger partial charge in [-0.1, -0.05) is 6.07 Å². The van der Waals surface area contributed by atoms with E-state index >= 15 is 0 Å². The van der Waals surface area contributed by atoms with Gasteiger partial charge in [0.15, 0.2) is 0 Å². The SMILES string of the molecule is C[N]C(=N)N(C)c1ccc(C)cc1[N+](=O)[O-]. The van der Waals surface area contributed by atoms with E-state index < -0.39 is 4.92 Å². The Kier molecular flexibility index (Phi) is 3.44. The number of rotatable bonds is 2. The summed E-state index contributed by atoms with van der Waals surface area (Å²) < 4.78 is 0. The summed E-state index contributed by atoms with van der Waals surface area (Å²) in [6, 6.07) is 4.86. The Morgan fingerprint density at radius 2 is 2.19 bits per heavy atom. The molecule has 0 aromatic heterocycles. The normalized spacial score (nSPS) is 9.69. The molecule has 0 heterocycles. The summed E-state index contributed by atoms with van der Waals surface area (Å²) in [6.45, 7) is 1.78. The molecule has 0 aliphatic rings. The van der Waals surface area contributed by atoms with E-state index in [4.69, 9.17) is 5.41 Å². The first-order valence-corrected chi connectivity index (χ1v) is 4.64. The van der Waals surface area contributed by atoms with Crippen LogP contribution in [-0.2, 0) is 0 Å². The first kappa shape index (κ1) is 12.0. The zero-order valence-electron chi connectivity index (χ0n) is 9.39. The van der Waals surface area contributed by atoms with Crippen LogP contribution in [0.4, 0.5) is 11.4 Å². The van der Waals surface area contributed by atoms with E-state index in [1.54, 1.807) is 26.1 Å². The van der Waals surface area contributed by atoms with Crippen LogP contribution in [0.15, 0.2) is 18.2 Å². The van der Waals surface area contributed by atoms with Crippen molar-refractivity contribution in [1.82, 2.24) is 5.32 Å². The van der Waals surface area contributed by atoms with E-state index in [9.17, 15) is 10.1 Å². The number of nitrogens with zero attached hydrogens (tertiary/aromatic N) is 3. The molecule has 1 N–H and O–H groups in total. The Morgan fingerprint density at radius 1 is 1.56 bits per heavy atom. The van der Waals surface area contributed by atoms with Crippen molar-refractivity contribution < 1.29 is 4.92 Å². The topological polar surface area (TPSA) is 84.3 Å². The standard InChI is InChI=1S/C10H13N4O2/c1-7-4-5-8(9(6-7)14(15)16)13(3)10(11)12-2/h4-6,11H,1-3H3. The number of anilines is 1. The van der Waals surface area contributed by atoms with Crippen molar-refractivity contribution in [2.45, 2.75) is 6.92 Å². The van der Waals surface area contributed by atoms with Crippen molar-refractivity contribution in [2.24, 2.45) is 0 Å². The van der Waals surface area contributed by atoms with Gasteiger partial charge in [0.05, 0.1) is 4.92 Å². The van der Waals surface area contributed by atoms with Crippen molar-refractivity contribution in [3.8, 4) is 0 Å². The van der Waals surface area contributed by atoms with Crippen LogP contribution in [0.25, 0.3) is 0 Å². The number of hydrogen-bond acceptors (Lipinski definition) is 3. The van der Waals surface area contributed by atoms with Gasteiger partial charge in [0, 0.05) is 20.2 Å². The molecular weight excluding hydrogens is 208 g/mol. The Bertz CT molecular complexity index is 431. The van der Waals surface area contributed by atoms with E-state index in [-0.39, 0.29) is 11.6 Å². The smallest absolute Gasteiger partial charge is 0.293 e. The first-order valence-electron chi connectivity index (χ1n) is 4.64. The molecule has 1 aromatic rings. The predicted octanol–water partition coefficient (Wildman–Crippen LogP) is 1.51. The van der Waals surface area contributed by atoms with Crippen molar-refractivity contribution >= 4 is 17.3 Å². The van der Waals surface area contributed by atoms with Gasteiger partial charge in [0.25, 0.3) is 5.69 Å². The number of nitrogens with one attached hydrogen (secondary N) is 1. The quantitative estimate of drug-likeness (QED) is 0.355. The zero-order chi connectivity index (χ0) is 12.3. The average Bonchev–Trinajstić information content (AvgIpc) is 2.26. The fourth-order valence-corrected chi connectivity index (χ4v) is 1.33. The van der Waals surface area contributed by atoms with Gasteiger partial charge in [-0.25, -0.2) is 0 Å². The van der Waals surface area contributed by atoms with Gasteiger partial charge in [0.1, 0.15) is 5.69 Å². The Balaban J connectivity index is 3.22. The molecule has 0 saturated carbocycles. The highest BCUT2D eigenvalue weighted by molar-refractivity contribution is 5.95. The highest BCUT2D eigenvalue weighted by Gasteiger charge is 2.19. The summed E-state index contributed by atoms with van der Waals surface area (Å²) in [4.78, 5) is 11.8. The molecule has 85 valence electrons. The van der Waals surface area contributed by atoms with Crippen molar-refractivity contribution in [3.05, 3.63) is 33.9 Å². The highest BCUT2D eigenvalue weighted by atomic mass is 16.6. The lowest BCUT2D eigenvalue weighted by Gasteiger charge is -2.18. The van der Waals surface area contributed by atoms with E-state index in [2.05, 4.69) is 5.32 Å². The minimum Gasteiger partial charge on any atom is -0.308 e. The van der Waals surface area contributed by atoms with Crippen molar-refractivity contribution in [2.75, 3.05) is 19.0 Å². The lowest BCUT2D eigenvalue weighted by atomic mass is 10.2. The first-order chi connectivity index (χ1) is 7.47. The van der Waals surface area contributed by atoms with Crippen LogP contribution in [0.3, 0.4) is 0 Å². The largest absolute Gasteiger partial charge is 0.308 e. The zero-order valence-corrected chi connectivity index (χ0v) is 9.39. The minimum atomic E-state index is -0.457. The van der Waals surface area contributed by atoms with E-state index in [0.717, 1.165) is 5.56 Å². The Labute approximate surface area is 93.5 Å². The molecule has 1 aromatic carbocycles. The Hall–Kier alpha value is -2.11. The van der Waals surface area contributed by atoms with Crippen LogP contribution in [0.1, 0.15) is 5.56 Å². The van der Waals surface area contributed by atoms with Gasteiger partial charge >= 0.3 is 0 Å². The van der Waals surface area contributed by atoms with Crippen LogP contribution in [-0.4, -0.2) is 25.0 Å². The molecule has 0 amide bonds. The second-order valence-corrected chi connectivity index (χ2v) is 3.36. The minimum absolute atomic E-state index is 0.0177. The fraction of sp³-hybridized carbons (Fsp3) is 0.300. The predicted molar refractivity (Wildman–Crippen MR) is 62.0 cm³/mol. The monoisotopic (exact) mass is 221 g/mol. The van der Waals surface area contributed by atoms with Gasteiger partial charge in [-0.2, -0.15) is 0 Å². The number of nitro groups is 1. The van der Waals surface area contributed by atoms with Crippen LogP contribution in [0.5, 0.6) is 0 Å². The second-order valence-electron chi connectivity index (χ2n) is 3.36. The number of hydrogen-bond donors (Lipinski definition) is 1. The van der Waals surface area contributed by atoms with Gasteiger partial charge in [-0.05, 0) is 18.6 Å². The maximum absolute atomic E-state index is 10.9. The molecule has 0 aliphatic heterocycles. The summed E-state index contributed by atoms with van der Waals surface area (Å²) in [5.41, 5.74) is 1.16. The van der Waals surface area contributed by atoms with Crippen LogP contribution in [0.2, 0.25) is 0 Å². The second kappa shape index (κ2) is 4.61. The summed E-state index contributed by atoms with van der Waals surface area (Å²) in [7, 11) is 3.05. The fourth-order valence-electron chi connectivity index (χ4n) is 1.33. The summed E-state index contributed by atoms with van der Waals surface area (Å²) >= 11 is 0. The third-order valence-electron chi connectivity index (χ3n) is 2.22.